The Balaban J connectivity index is 2.24. The maximum absolute atomic E-state index is 6.25. The van der Waals surface area contributed by atoms with Gasteiger partial charge < -0.3 is 5.32 Å². The van der Waals surface area contributed by atoms with Crippen molar-refractivity contribution in [3.05, 3.63) is 44.6 Å². The van der Waals surface area contributed by atoms with E-state index in [4.69, 9.17) is 11.6 Å². The van der Waals surface area contributed by atoms with Crippen LogP contribution in [-0.4, -0.2) is 10.2 Å². The van der Waals surface area contributed by atoms with Crippen LogP contribution in [0.15, 0.2) is 22.7 Å². The van der Waals surface area contributed by atoms with Crippen molar-refractivity contribution in [2.75, 3.05) is 5.32 Å². The Hall–Kier alpha value is -1.000. The molecule has 3 nitrogen and oxygen atoms in total. The van der Waals surface area contributed by atoms with Gasteiger partial charge in [0.25, 0.3) is 0 Å². The molecule has 0 saturated carbocycles. The van der Waals surface area contributed by atoms with Crippen LogP contribution in [0.5, 0.6) is 0 Å². The number of H-pyrrole nitrogens is 1. The molecule has 0 fully saturated rings. The van der Waals surface area contributed by atoms with Crippen molar-refractivity contribution < 1.29 is 0 Å². The van der Waals surface area contributed by atoms with Gasteiger partial charge in [-0.25, -0.2) is 0 Å². The number of halogens is 2. The maximum Gasteiger partial charge on any atom is 0.0825 e. The Morgan fingerprint density at radius 1 is 1.39 bits per heavy atom. The van der Waals surface area contributed by atoms with Gasteiger partial charge in [-0.1, -0.05) is 33.6 Å². The van der Waals surface area contributed by atoms with Gasteiger partial charge in [0.1, 0.15) is 0 Å². The number of hydrogen-bond acceptors (Lipinski definition) is 2. The number of aryl methyl sites for hydroxylation is 2. The van der Waals surface area contributed by atoms with E-state index in [0.29, 0.717) is 0 Å². The van der Waals surface area contributed by atoms with Gasteiger partial charge in [0.2, 0.25) is 0 Å². The van der Waals surface area contributed by atoms with Gasteiger partial charge >= 0.3 is 0 Å². The SMILES string of the molecule is Cc1n[nH]c(C)c1NC(C)c1ccc(Br)cc1Cl. The quantitative estimate of drug-likeness (QED) is 0.863. The van der Waals surface area contributed by atoms with E-state index in [-0.39, 0.29) is 6.04 Å². The Bertz CT molecular complexity index is 546. The lowest BCUT2D eigenvalue weighted by Gasteiger charge is -2.17. The van der Waals surface area contributed by atoms with E-state index in [1.165, 1.54) is 0 Å². The molecule has 0 amide bonds. The van der Waals surface area contributed by atoms with Gasteiger partial charge in [-0.15, -0.1) is 0 Å². The van der Waals surface area contributed by atoms with E-state index in [2.05, 4.69) is 38.4 Å². The van der Waals surface area contributed by atoms with Crippen molar-refractivity contribution in [2.24, 2.45) is 0 Å². The van der Waals surface area contributed by atoms with Crippen molar-refractivity contribution in [1.29, 1.82) is 0 Å². The molecular formula is C13H15BrClN3. The number of anilines is 1. The number of rotatable bonds is 3. The van der Waals surface area contributed by atoms with Crippen molar-refractivity contribution in [3.8, 4) is 0 Å². The molecule has 0 bridgehead atoms. The highest BCUT2D eigenvalue weighted by Gasteiger charge is 2.13. The Labute approximate surface area is 120 Å². The molecule has 18 heavy (non-hydrogen) atoms. The molecular weight excluding hydrogens is 314 g/mol. The van der Waals surface area contributed by atoms with Crippen molar-refractivity contribution in [3.63, 3.8) is 0 Å². The van der Waals surface area contributed by atoms with Crippen LogP contribution in [0.25, 0.3) is 0 Å². The predicted octanol–water partition coefficient (Wildman–Crippen LogP) is 4.62. The van der Waals surface area contributed by atoms with E-state index >= 15 is 0 Å². The van der Waals surface area contributed by atoms with Gasteiger partial charge in [0.15, 0.2) is 0 Å². The van der Waals surface area contributed by atoms with Crippen LogP contribution in [0.1, 0.15) is 29.9 Å². The Morgan fingerprint density at radius 2 is 2.11 bits per heavy atom. The molecule has 1 atom stereocenters. The second-order valence-corrected chi connectivity index (χ2v) is 5.66. The minimum atomic E-state index is 0.126. The molecule has 5 heteroatoms. The lowest BCUT2D eigenvalue weighted by Crippen LogP contribution is -2.08. The number of aromatic amines is 1. The molecule has 1 unspecified atom stereocenters. The van der Waals surface area contributed by atoms with Crippen LogP contribution in [0.2, 0.25) is 5.02 Å². The summed E-state index contributed by atoms with van der Waals surface area (Å²) in [6, 6.07) is 6.05. The average molecular weight is 329 g/mol. The molecule has 1 aromatic carbocycles. The summed E-state index contributed by atoms with van der Waals surface area (Å²) in [6.45, 7) is 6.06. The molecule has 1 aromatic heterocycles. The van der Waals surface area contributed by atoms with E-state index in [0.717, 1.165) is 32.1 Å². The van der Waals surface area contributed by atoms with Gasteiger partial charge in [0.05, 0.1) is 23.1 Å². The van der Waals surface area contributed by atoms with E-state index in [1.807, 2.05) is 32.0 Å². The molecule has 0 spiro atoms. The fourth-order valence-electron chi connectivity index (χ4n) is 1.91. The zero-order valence-corrected chi connectivity index (χ0v) is 12.9. The molecule has 0 saturated heterocycles. The van der Waals surface area contributed by atoms with Crippen LogP contribution < -0.4 is 5.32 Å². The first-order valence-electron chi connectivity index (χ1n) is 5.72. The Morgan fingerprint density at radius 3 is 2.67 bits per heavy atom. The third-order valence-electron chi connectivity index (χ3n) is 2.92. The number of benzene rings is 1. The monoisotopic (exact) mass is 327 g/mol. The van der Waals surface area contributed by atoms with Crippen LogP contribution in [0.3, 0.4) is 0 Å². The van der Waals surface area contributed by atoms with Crippen molar-refractivity contribution in [2.45, 2.75) is 26.8 Å². The minimum Gasteiger partial charge on any atom is -0.375 e. The highest BCUT2D eigenvalue weighted by Crippen LogP contribution is 2.29. The van der Waals surface area contributed by atoms with Crippen molar-refractivity contribution in [1.82, 2.24) is 10.2 Å². The van der Waals surface area contributed by atoms with E-state index in [9.17, 15) is 0 Å². The standard InChI is InChI=1S/C13H15BrClN3/c1-7(11-5-4-10(14)6-12(11)15)16-13-8(2)17-18-9(13)3/h4-7,16H,1-3H3,(H,17,18). The van der Waals surface area contributed by atoms with E-state index in [1.54, 1.807) is 0 Å². The lowest BCUT2D eigenvalue weighted by molar-refractivity contribution is 0.880. The lowest BCUT2D eigenvalue weighted by atomic mass is 10.1. The smallest absolute Gasteiger partial charge is 0.0825 e. The normalized spacial score (nSPS) is 12.5. The average Bonchev–Trinajstić information content (AvgIpc) is 2.60. The second-order valence-electron chi connectivity index (χ2n) is 4.34. The summed E-state index contributed by atoms with van der Waals surface area (Å²) in [4.78, 5) is 0. The van der Waals surface area contributed by atoms with Gasteiger partial charge in [-0.05, 0) is 38.5 Å². The highest BCUT2D eigenvalue weighted by atomic mass is 79.9. The summed E-state index contributed by atoms with van der Waals surface area (Å²) < 4.78 is 0.985. The third-order valence-corrected chi connectivity index (χ3v) is 3.74. The molecule has 96 valence electrons. The third kappa shape index (κ3) is 2.70. The molecule has 2 aromatic rings. The predicted molar refractivity (Wildman–Crippen MR) is 79.3 cm³/mol. The van der Waals surface area contributed by atoms with Crippen LogP contribution in [0.4, 0.5) is 5.69 Å². The molecule has 0 aliphatic carbocycles. The number of aromatic nitrogens is 2. The molecule has 0 radical (unpaired) electrons. The number of hydrogen-bond donors (Lipinski definition) is 2. The van der Waals surface area contributed by atoms with Crippen LogP contribution in [-0.2, 0) is 0 Å². The first-order chi connectivity index (χ1) is 8.49. The van der Waals surface area contributed by atoms with Gasteiger partial charge in [-0.3, -0.25) is 5.10 Å². The summed E-state index contributed by atoms with van der Waals surface area (Å²) in [5.41, 5.74) is 4.11. The first kappa shape index (κ1) is 13.4. The summed E-state index contributed by atoms with van der Waals surface area (Å²) in [5.74, 6) is 0. The minimum absolute atomic E-state index is 0.126. The molecule has 2 rings (SSSR count). The topological polar surface area (TPSA) is 40.7 Å². The summed E-state index contributed by atoms with van der Waals surface area (Å²) in [6.07, 6.45) is 0. The highest BCUT2D eigenvalue weighted by molar-refractivity contribution is 9.10. The fraction of sp³-hybridized carbons (Fsp3) is 0.308. The number of nitrogens with one attached hydrogen (secondary N) is 2. The Kier molecular flexibility index (Phi) is 3.97. The first-order valence-corrected chi connectivity index (χ1v) is 6.89. The maximum atomic E-state index is 6.25. The van der Waals surface area contributed by atoms with Crippen LogP contribution in [0, 0.1) is 13.8 Å². The van der Waals surface area contributed by atoms with Crippen LogP contribution >= 0.6 is 27.5 Å². The summed E-state index contributed by atoms with van der Waals surface area (Å²) >= 11 is 9.66. The van der Waals surface area contributed by atoms with Crippen molar-refractivity contribution >= 4 is 33.2 Å². The molecule has 0 aliphatic heterocycles. The molecule has 2 N–H and O–H groups in total. The summed E-state index contributed by atoms with van der Waals surface area (Å²) in [5, 5.41) is 11.3. The zero-order valence-electron chi connectivity index (χ0n) is 10.5. The zero-order chi connectivity index (χ0) is 13.3. The second kappa shape index (κ2) is 5.33. The number of nitrogens with zero attached hydrogens (tertiary/aromatic N) is 1. The largest absolute Gasteiger partial charge is 0.375 e. The molecule has 1 heterocycles. The van der Waals surface area contributed by atoms with E-state index < -0.39 is 0 Å². The van der Waals surface area contributed by atoms with Gasteiger partial charge in [0, 0.05) is 9.50 Å². The van der Waals surface area contributed by atoms with Gasteiger partial charge in [-0.2, -0.15) is 5.10 Å². The fourth-order valence-corrected chi connectivity index (χ4v) is 2.75. The molecule has 0 aliphatic rings. The summed E-state index contributed by atoms with van der Waals surface area (Å²) in [7, 11) is 0.